The fraction of sp³-hybridized carbons (Fsp3) is 0.0800. The zero-order chi connectivity index (χ0) is 43.6. The van der Waals surface area contributed by atoms with Gasteiger partial charge in [0.2, 0.25) is 0 Å². The van der Waals surface area contributed by atoms with Crippen molar-refractivity contribution >= 4 is 104 Å². The van der Waals surface area contributed by atoms with E-state index in [1.54, 1.807) is 42.7 Å². The highest BCUT2D eigenvalue weighted by molar-refractivity contribution is 9.10. The van der Waals surface area contributed by atoms with Crippen LogP contribution in [0.3, 0.4) is 0 Å². The Bertz CT molecular complexity index is 3050. The van der Waals surface area contributed by atoms with Crippen molar-refractivity contribution in [2.45, 2.75) is 19.8 Å². The maximum Gasteiger partial charge on any atom is 0.135 e. The number of halogens is 3. The van der Waals surface area contributed by atoms with E-state index in [0.717, 1.165) is 90.6 Å². The number of benzene rings is 6. The van der Waals surface area contributed by atoms with Gasteiger partial charge in [0.1, 0.15) is 34.2 Å². The zero-order valence-electron chi connectivity index (χ0n) is 33.4. The largest absolute Gasteiger partial charge is 0.507 e. The molecule has 0 saturated carbocycles. The van der Waals surface area contributed by atoms with Gasteiger partial charge in [0.15, 0.2) is 0 Å². The highest BCUT2D eigenvalue weighted by atomic mass is 79.9. The summed E-state index contributed by atoms with van der Waals surface area (Å²) in [6, 6.07) is 46.1. The number of aromatic nitrogens is 2. The molecular weight excluding hydrogens is 932 g/mol. The SMILES string of the molecule is CCCCO.Clc1ccnc2cc(-c3cc4ccccc4o3)ccc12.Nc1ccc(Br)c(O)c1.Oc1cc(Nc2ccnc3cc(-c4cc5ccccc5o4)ccc23)ccc1Br. The molecule has 0 aliphatic rings. The van der Waals surface area contributed by atoms with Gasteiger partial charge in [-0.05, 0) is 117 Å². The van der Waals surface area contributed by atoms with E-state index in [4.69, 9.17) is 36.4 Å². The van der Waals surface area contributed by atoms with Crippen LogP contribution < -0.4 is 11.1 Å². The number of phenolic OH excluding ortho intramolecular Hbond substituents is 2. The Labute approximate surface area is 379 Å². The molecule has 6 N–H and O–H groups in total. The minimum atomic E-state index is 0.176. The first-order chi connectivity index (χ1) is 30.1. The molecule has 0 aliphatic heterocycles. The van der Waals surface area contributed by atoms with Crippen molar-refractivity contribution in [2.24, 2.45) is 0 Å². The molecule has 0 amide bonds. The van der Waals surface area contributed by atoms with Crippen LogP contribution in [0.4, 0.5) is 17.1 Å². The predicted molar refractivity (Wildman–Crippen MR) is 260 cm³/mol. The van der Waals surface area contributed by atoms with Gasteiger partial charge >= 0.3 is 0 Å². The third-order valence-corrected chi connectivity index (χ3v) is 11.2. The molecule has 0 spiro atoms. The predicted octanol–water partition coefficient (Wildman–Crippen LogP) is 14.7. The minimum Gasteiger partial charge on any atom is -0.507 e. The number of aromatic hydroxyl groups is 2. The average Bonchev–Trinajstić information content (AvgIpc) is 3.93. The topological polar surface area (TPSA) is 151 Å². The molecule has 0 fully saturated rings. The van der Waals surface area contributed by atoms with Gasteiger partial charge < -0.3 is 35.2 Å². The number of para-hydroxylation sites is 2. The summed E-state index contributed by atoms with van der Waals surface area (Å²) in [7, 11) is 0. The Morgan fingerprint density at radius 1 is 0.629 bits per heavy atom. The molecule has 312 valence electrons. The smallest absolute Gasteiger partial charge is 0.135 e. The third kappa shape index (κ3) is 10.7. The van der Waals surface area contributed by atoms with Crippen LogP contribution in [0.2, 0.25) is 5.02 Å². The van der Waals surface area contributed by atoms with Crippen LogP contribution >= 0.6 is 43.5 Å². The zero-order valence-corrected chi connectivity index (χ0v) is 37.3. The van der Waals surface area contributed by atoms with Gasteiger partial charge in [-0.1, -0.05) is 79.5 Å². The number of anilines is 3. The second-order valence-electron chi connectivity index (χ2n) is 14.0. The second-order valence-corrected chi connectivity index (χ2v) is 16.1. The summed E-state index contributed by atoms with van der Waals surface area (Å²) in [4.78, 5) is 8.87. The van der Waals surface area contributed by atoms with E-state index in [1.807, 2.05) is 109 Å². The molecule has 9 nitrogen and oxygen atoms in total. The number of hydrogen-bond donors (Lipinski definition) is 5. The standard InChI is InChI=1S/C23H15BrN2O2.C17H10ClNO.C6H6BrNO.C4H10O/c24-18-8-6-16(13-21(18)27)26-19-9-10-25-20-11-15(5-7-17(19)20)23-12-14-3-1-2-4-22(14)28-23;18-14-7-8-19-15-9-12(5-6-13(14)15)17-10-11-3-1-2-4-16(11)20-17;7-5-2-1-4(8)3-6(5)9;1-2-3-4-5/h1-13,27H,(H,25,26);1-10H;1-3,9H,8H2;5H,2-4H2,1H3. The van der Waals surface area contributed by atoms with E-state index >= 15 is 0 Å². The number of hydrogen-bond acceptors (Lipinski definition) is 9. The van der Waals surface area contributed by atoms with Crippen molar-refractivity contribution in [3.05, 3.63) is 172 Å². The van der Waals surface area contributed by atoms with Gasteiger partial charge in [-0.3, -0.25) is 9.97 Å². The molecule has 12 heteroatoms. The molecule has 0 bridgehead atoms. The lowest BCUT2D eigenvalue weighted by Gasteiger charge is -2.11. The third-order valence-electron chi connectivity index (χ3n) is 9.56. The lowest BCUT2D eigenvalue weighted by atomic mass is 10.1. The van der Waals surface area contributed by atoms with Crippen molar-refractivity contribution in [2.75, 3.05) is 17.7 Å². The van der Waals surface area contributed by atoms with E-state index in [2.05, 4.69) is 54.1 Å². The summed E-state index contributed by atoms with van der Waals surface area (Å²) in [5.74, 6) is 2.03. The Morgan fingerprint density at radius 3 is 1.71 bits per heavy atom. The van der Waals surface area contributed by atoms with Crippen molar-refractivity contribution in [3.63, 3.8) is 0 Å². The number of nitrogens with two attached hydrogens (primary N) is 1. The fourth-order valence-corrected chi connectivity index (χ4v) is 7.07. The molecule has 10 aromatic rings. The van der Waals surface area contributed by atoms with Gasteiger partial charge in [0.05, 0.1) is 25.0 Å². The number of phenols is 2. The van der Waals surface area contributed by atoms with Crippen LogP contribution in [0.1, 0.15) is 19.8 Å². The number of nitrogens with one attached hydrogen (secondary N) is 1. The maximum absolute atomic E-state index is 9.90. The summed E-state index contributed by atoms with van der Waals surface area (Å²) in [5.41, 5.74) is 13.1. The molecule has 0 atom stereocenters. The van der Waals surface area contributed by atoms with Crippen molar-refractivity contribution in [1.29, 1.82) is 0 Å². The van der Waals surface area contributed by atoms with Crippen LogP contribution in [-0.4, -0.2) is 31.9 Å². The monoisotopic (exact) mass is 970 g/mol. The number of rotatable bonds is 6. The molecule has 0 unspecified atom stereocenters. The number of aliphatic hydroxyl groups is 1. The molecule has 0 radical (unpaired) electrons. The van der Waals surface area contributed by atoms with Crippen LogP contribution in [-0.2, 0) is 0 Å². The van der Waals surface area contributed by atoms with Crippen LogP contribution in [0, 0.1) is 0 Å². The molecule has 0 saturated heterocycles. The minimum absolute atomic E-state index is 0.176. The highest BCUT2D eigenvalue weighted by Gasteiger charge is 2.11. The first-order valence-corrected chi connectivity index (χ1v) is 21.6. The number of unbranched alkanes of at least 4 members (excludes halogenated alkanes) is 1. The molecule has 4 heterocycles. The van der Waals surface area contributed by atoms with Crippen LogP contribution in [0.25, 0.3) is 66.4 Å². The Kier molecular flexibility index (Phi) is 14.4. The number of furan rings is 2. The lowest BCUT2D eigenvalue weighted by Crippen LogP contribution is -1.93. The number of nitrogens with zero attached hydrogens (tertiary/aromatic N) is 2. The summed E-state index contributed by atoms with van der Waals surface area (Å²) in [5, 5.41) is 35.1. The molecule has 4 aromatic heterocycles. The maximum atomic E-state index is 9.90. The first-order valence-electron chi connectivity index (χ1n) is 19.6. The first kappa shape index (κ1) is 43.7. The van der Waals surface area contributed by atoms with Crippen LogP contribution in [0.15, 0.2) is 176 Å². The molecule has 6 aromatic carbocycles. The molecule has 10 rings (SSSR count). The van der Waals surface area contributed by atoms with Gasteiger partial charge in [-0.15, -0.1) is 0 Å². The van der Waals surface area contributed by atoms with E-state index < -0.39 is 0 Å². The highest BCUT2D eigenvalue weighted by Crippen LogP contribution is 2.35. The van der Waals surface area contributed by atoms with Gasteiger partial charge in [0.25, 0.3) is 0 Å². The molecular formula is C50H41Br2ClN4O5. The van der Waals surface area contributed by atoms with Gasteiger partial charge in [-0.25, -0.2) is 0 Å². The summed E-state index contributed by atoms with van der Waals surface area (Å²) < 4.78 is 13.2. The normalized spacial score (nSPS) is 10.7. The van der Waals surface area contributed by atoms with Gasteiger partial charge in [0, 0.05) is 80.9 Å². The summed E-state index contributed by atoms with van der Waals surface area (Å²) in [6.07, 6.45) is 5.52. The van der Waals surface area contributed by atoms with E-state index in [9.17, 15) is 5.11 Å². The number of aliphatic hydroxyl groups excluding tert-OH is 1. The summed E-state index contributed by atoms with van der Waals surface area (Å²) >= 11 is 12.6. The van der Waals surface area contributed by atoms with Crippen molar-refractivity contribution in [1.82, 2.24) is 9.97 Å². The van der Waals surface area contributed by atoms with E-state index in [-0.39, 0.29) is 11.5 Å². The lowest BCUT2D eigenvalue weighted by molar-refractivity contribution is 0.287. The van der Waals surface area contributed by atoms with Crippen molar-refractivity contribution in [3.8, 4) is 34.1 Å². The number of nitrogen functional groups attached to an aromatic ring is 1. The molecule has 62 heavy (non-hydrogen) atoms. The Morgan fingerprint density at radius 2 is 1.18 bits per heavy atom. The average molecular weight is 973 g/mol. The Hall–Kier alpha value is -6.37. The number of fused-ring (bicyclic) bond motifs is 4. The summed E-state index contributed by atoms with van der Waals surface area (Å²) in [6.45, 7) is 2.40. The quantitative estimate of drug-likeness (QED) is 0.103. The van der Waals surface area contributed by atoms with Crippen molar-refractivity contribution < 1.29 is 24.2 Å². The Balaban J connectivity index is 0.000000147. The van der Waals surface area contributed by atoms with Crippen LogP contribution in [0.5, 0.6) is 11.5 Å². The number of pyridine rings is 2. The van der Waals surface area contributed by atoms with E-state index in [1.165, 1.54) is 6.07 Å². The fourth-order valence-electron chi connectivity index (χ4n) is 6.36. The second kappa shape index (κ2) is 20.5. The molecule has 0 aliphatic carbocycles. The van der Waals surface area contributed by atoms with Gasteiger partial charge in [-0.2, -0.15) is 0 Å². The van der Waals surface area contributed by atoms with E-state index in [0.29, 0.717) is 26.3 Å².